The lowest BCUT2D eigenvalue weighted by Gasteiger charge is -2.35. The number of para-hydroxylation sites is 2. The first-order valence-electron chi connectivity index (χ1n) is 9.15. The lowest BCUT2D eigenvalue weighted by Crippen LogP contribution is -2.44. The van der Waals surface area contributed by atoms with E-state index in [1.54, 1.807) is 12.1 Å². The lowest BCUT2D eigenvalue weighted by atomic mass is 10.2. The minimum absolute atomic E-state index is 0.000807. The Kier molecular flexibility index (Phi) is 5.28. The van der Waals surface area contributed by atoms with Crippen molar-refractivity contribution in [2.45, 2.75) is 4.90 Å². The fourth-order valence-electron chi connectivity index (χ4n) is 3.37. The number of benzene rings is 2. The number of carbonyl (C=O) groups excluding carboxylic acids is 1. The summed E-state index contributed by atoms with van der Waals surface area (Å²) in [6, 6.07) is 10.0. The highest BCUT2D eigenvalue weighted by molar-refractivity contribution is 7.92. The molecule has 0 aliphatic carbocycles. The van der Waals surface area contributed by atoms with Crippen LogP contribution in [0.15, 0.2) is 41.3 Å². The van der Waals surface area contributed by atoms with Gasteiger partial charge in [-0.1, -0.05) is 23.7 Å². The van der Waals surface area contributed by atoms with E-state index in [9.17, 15) is 13.2 Å². The van der Waals surface area contributed by atoms with Gasteiger partial charge in [-0.25, -0.2) is 8.42 Å². The number of likely N-dealkylation sites (N-methyl/N-ethyl adjacent to an activating group) is 1. The van der Waals surface area contributed by atoms with Gasteiger partial charge in [0.05, 0.1) is 22.1 Å². The number of carbonyl (C=O) groups is 1. The van der Waals surface area contributed by atoms with Gasteiger partial charge in [-0.05, 0) is 25.2 Å². The maximum atomic E-state index is 13.1. The van der Waals surface area contributed by atoms with Crippen LogP contribution in [0.1, 0.15) is 0 Å². The van der Waals surface area contributed by atoms with Gasteiger partial charge in [0.2, 0.25) is 0 Å². The molecule has 0 spiro atoms. The van der Waals surface area contributed by atoms with Crippen molar-refractivity contribution in [2.75, 3.05) is 54.8 Å². The highest BCUT2D eigenvalue weighted by Gasteiger charge is 2.26. The van der Waals surface area contributed by atoms with Crippen LogP contribution in [0.5, 0.6) is 5.75 Å². The normalized spacial score (nSPS) is 17.3. The molecule has 1 fully saturated rings. The second kappa shape index (κ2) is 7.74. The number of hydrogen-bond donors (Lipinski definition) is 2. The third-order valence-electron chi connectivity index (χ3n) is 4.95. The lowest BCUT2D eigenvalue weighted by molar-refractivity contribution is -0.118. The number of anilines is 3. The topological polar surface area (TPSA) is 91.0 Å². The molecule has 2 aliphatic rings. The number of nitrogens with one attached hydrogen (secondary N) is 2. The highest BCUT2D eigenvalue weighted by atomic mass is 35.5. The summed E-state index contributed by atoms with van der Waals surface area (Å²) < 4.78 is 34.2. The molecule has 2 aromatic carbocycles. The predicted molar refractivity (Wildman–Crippen MR) is 113 cm³/mol. The molecule has 0 aromatic heterocycles. The predicted octanol–water partition coefficient (Wildman–Crippen LogP) is 2.22. The Balaban J connectivity index is 1.64. The Morgan fingerprint density at radius 1 is 1.14 bits per heavy atom. The second-order valence-corrected chi connectivity index (χ2v) is 9.09. The SMILES string of the molecule is CN1CCN(c2ccccc2NS(=O)(=O)c2cc3c(cc2Cl)NC(=O)CO3)CC1. The fraction of sp³-hybridized carbons (Fsp3) is 0.316. The van der Waals surface area contributed by atoms with Gasteiger partial charge in [0.25, 0.3) is 15.9 Å². The van der Waals surface area contributed by atoms with Crippen molar-refractivity contribution < 1.29 is 17.9 Å². The summed E-state index contributed by atoms with van der Waals surface area (Å²) in [6.45, 7) is 3.25. The summed E-state index contributed by atoms with van der Waals surface area (Å²) in [5.41, 5.74) is 1.66. The standard InChI is InChI=1S/C19H21ClN4O4S/c1-23-6-8-24(9-7-23)16-5-3-2-4-14(16)22-29(26,27)18-11-17-15(10-13(18)20)21-19(25)12-28-17/h2-5,10-11,22H,6-9,12H2,1H3,(H,21,25). The smallest absolute Gasteiger partial charge is 0.263 e. The largest absolute Gasteiger partial charge is 0.482 e. The van der Waals surface area contributed by atoms with Crippen LogP contribution in [0.25, 0.3) is 0 Å². The van der Waals surface area contributed by atoms with Crippen LogP contribution in [-0.2, 0) is 14.8 Å². The number of rotatable bonds is 4. The molecular formula is C19H21ClN4O4S. The molecule has 8 nitrogen and oxygen atoms in total. The number of halogens is 1. The number of sulfonamides is 1. The van der Waals surface area contributed by atoms with Gasteiger partial charge in [-0.2, -0.15) is 0 Å². The average molecular weight is 437 g/mol. The van der Waals surface area contributed by atoms with Gasteiger partial charge in [0.15, 0.2) is 6.61 Å². The van der Waals surface area contributed by atoms with Crippen molar-refractivity contribution in [3.63, 3.8) is 0 Å². The molecule has 4 rings (SSSR count). The molecule has 10 heteroatoms. The van der Waals surface area contributed by atoms with E-state index in [0.29, 0.717) is 11.4 Å². The number of ether oxygens (including phenoxy) is 1. The number of amides is 1. The third kappa shape index (κ3) is 4.12. The summed E-state index contributed by atoms with van der Waals surface area (Å²) >= 11 is 6.22. The van der Waals surface area contributed by atoms with E-state index in [-0.39, 0.29) is 28.2 Å². The van der Waals surface area contributed by atoms with Gasteiger partial charge in [0.1, 0.15) is 10.6 Å². The first-order chi connectivity index (χ1) is 13.8. The van der Waals surface area contributed by atoms with Crippen molar-refractivity contribution in [1.29, 1.82) is 0 Å². The summed E-state index contributed by atoms with van der Waals surface area (Å²) in [7, 11) is -1.91. The number of hydrogen-bond acceptors (Lipinski definition) is 6. The van der Waals surface area contributed by atoms with Gasteiger partial charge >= 0.3 is 0 Å². The zero-order valence-electron chi connectivity index (χ0n) is 15.8. The Hall–Kier alpha value is -2.49. The van der Waals surface area contributed by atoms with Crippen LogP contribution in [-0.4, -0.2) is 59.1 Å². The summed E-state index contributed by atoms with van der Waals surface area (Å²) in [6.07, 6.45) is 0. The summed E-state index contributed by atoms with van der Waals surface area (Å²) in [5.74, 6) is -0.0508. The highest BCUT2D eigenvalue weighted by Crippen LogP contribution is 2.37. The quantitative estimate of drug-likeness (QED) is 0.763. The summed E-state index contributed by atoms with van der Waals surface area (Å²) in [4.78, 5) is 15.7. The Morgan fingerprint density at radius 3 is 2.62 bits per heavy atom. The molecule has 0 saturated carbocycles. The van der Waals surface area contributed by atoms with E-state index in [0.717, 1.165) is 31.9 Å². The zero-order valence-corrected chi connectivity index (χ0v) is 17.4. The van der Waals surface area contributed by atoms with E-state index in [1.807, 2.05) is 12.1 Å². The van der Waals surface area contributed by atoms with Gasteiger partial charge in [-0.3, -0.25) is 9.52 Å². The molecule has 0 radical (unpaired) electrons. The fourth-order valence-corrected chi connectivity index (χ4v) is 4.99. The average Bonchev–Trinajstić information content (AvgIpc) is 2.68. The molecule has 0 unspecified atom stereocenters. The minimum Gasteiger partial charge on any atom is -0.482 e. The summed E-state index contributed by atoms with van der Waals surface area (Å²) in [5, 5.41) is 2.61. The van der Waals surface area contributed by atoms with Crippen LogP contribution < -0.4 is 19.7 Å². The number of piperazine rings is 1. The Bertz CT molecular complexity index is 1050. The molecule has 0 atom stereocenters. The number of fused-ring (bicyclic) bond motifs is 1. The Labute approximate surface area is 174 Å². The van der Waals surface area contributed by atoms with Crippen LogP contribution in [0.2, 0.25) is 5.02 Å². The molecule has 1 saturated heterocycles. The molecule has 2 heterocycles. The molecule has 2 aliphatic heterocycles. The van der Waals surface area contributed by atoms with Crippen molar-refractivity contribution in [1.82, 2.24) is 4.90 Å². The third-order valence-corrected chi connectivity index (χ3v) is 6.78. The van der Waals surface area contributed by atoms with Crippen LogP contribution >= 0.6 is 11.6 Å². The molecule has 0 bridgehead atoms. The van der Waals surface area contributed by atoms with Crippen LogP contribution in [0.4, 0.5) is 17.1 Å². The molecular weight excluding hydrogens is 416 g/mol. The van der Waals surface area contributed by atoms with E-state index < -0.39 is 10.0 Å². The maximum absolute atomic E-state index is 13.1. The monoisotopic (exact) mass is 436 g/mol. The van der Waals surface area contributed by atoms with Gasteiger partial charge < -0.3 is 19.9 Å². The molecule has 154 valence electrons. The Morgan fingerprint density at radius 2 is 1.86 bits per heavy atom. The van der Waals surface area contributed by atoms with Crippen LogP contribution in [0.3, 0.4) is 0 Å². The maximum Gasteiger partial charge on any atom is 0.263 e. The zero-order chi connectivity index (χ0) is 20.6. The van der Waals surface area contributed by atoms with E-state index in [2.05, 4.69) is 26.9 Å². The van der Waals surface area contributed by atoms with Crippen molar-refractivity contribution in [3.05, 3.63) is 41.4 Å². The van der Waals surface area contributed by atoms with Crippen molar-refractivity contribution >= 4 is 44.6 Å². The van der Waals surface area contributed by atoms with Crippen molar-refractivity contribution in [3.8, 4) is 5.75 Å². The van der Waals surface area contributed by atoms with Crippen LogP contribution in [0, 0.1) is 0 Å². The molecule has 2 N–H and O–H groups in total. The molecule has 29 heavy (non-hydrogen) atoms. The van der Waals surface area contributed by atoms with Gasteiger partial charge in [0, 0.05) is 32.2 Å². The van der Waals surface area contributed by atoms with Crippen molar-refractivity contribution in [2.24, 2.45) is 0 Å². The van der Waals surface area contributed by atoms with E-state index in [1.165, 1.54) is 12.1 Å². The minimum atomic E-state index is -3.97. The first-order valence-corrected chi connectivity index (χ1v) is 11.0. The molecule has 2 aromatic rings. The molecule has 1 amide bonds. The first kappa shape index (κ1) is 19.8. The van der Waals surface area contributed by atoms with E-state index >= 15 is 0 Å². The second-order valence-electron chi connectivity index (χ2n) is 7.03. The number of nitrogens with zero attached hydrogens (tertiary/aromatic N) is 2. The van der Waals surface area contributed by atoms with E-state index in [4.69, 9.17) is 16.3 Å². The van der Waals surface area contributed by atoms with Gasteiger partial charge in [-0.15, -0.1) is 0 Å².